The molecule has 0 saturated heterocycles. The van der Waals surface area contributed by atoms with Gasteiger partial charge in [0.05, 0.1) is 4.90 Å². The highest BCUT2D eigenvalue weighted by Gasteiger charge is 2.22. The van der Waals surface area contributed by atoms with Crippen LogP contribution >= 0.6 is 0 Å². The van der Waals surface area contributed by atoms with E-state index in [9.17, 15) is 8.42 Å². The molecule has 5 heteroatoms. The fourth-order valence-corrected chi connectivity index (χ4v) is 2.94. The molecule has 100 valence electrons. The zero-order chi connectivity index (χ0) is 13.2. The molecule has 3 N–H and O–H groups in total. The molecule has 0 aromatic heterocycles. The lowest BCUT2D eigenvalue weighted by Crippen LogP contribution is -2.31. The standard InChI is InChI=1S/C13H20N2O2S/c1-18(16,17)12-7-5-11(6-8-12)13(15-14)9-10-3-2-4-10/h5-8,10,13,15H,2-4,9,14H2,1H3. The van der Waals surface area contributed by atoms with E-state index in [0.717, 1.165) is 17.9 Å². The van der Waals surface area contributed by atoms with Crippen LogP contribution in [0.1, 0.15) is 37.3 Å². The number of nitrogens with one attached hydrogen (secondary N) is 1. The summed E-state index contributed by atoms with van der Waals surface area (Å²) in [6, 6.07) is 7.11. The molecule has 0 heterocycles. The SMILES string of the molecule is CS(=O)(=O)c1ccc(C(CC2CCC2)NN)cc1. The third kappa shape index (κ3) is 3.10. The van der Waals surface area contributed by atoms with Gasteiger partial charge in [-0.25, -0.2) is 8.42 Å². The van der Waals surface area contributed by atoms with Crippen molar-refractivity contribution in [3.05, 3.63) is 29.8 Å². The van der Waals surface area contributed by atoms with Crippen LogP contribution in [0.3, 0.4) is 0 Å². The zero-order valence-electron chi connectivity index (χ0n) is 10.6. The van der Waals surface area contributed by atoms with Gasteiger partial charge in [0.1, 0.15) is 0 Å². The summed E-state index contributed by atoms with van der Waals surface area (Å²) >= 11 is 0. The van der Waals surface area contributed by atoms with E-state index in [0.29, 0.717) is 4.90 Å². The summed E-state index contributed by atoms with van der Waals surface area (Å²) < 4.78 is 22.8. The van der Waals surface area contributed by atoms with E-state index in [1.54, 1.807) is 12.1 Å². The molecule has 1 aromatic carbocycles. The van der Waals surface area contributed by atoms with Crippen LogP contribution < -0.4 is 11.3 Å². The van der Waals surface area contributed by atoms with Crippen molar-refractivity contribution < 1.29 is 8.42 Å². The van der Waals surface area contributed by atoms with E-state index >= 15 is 0 Å². The van der Waals surface area contributed by atoms with Gasteiger partial charge in [-0.2, -0.15) is 0 Å². The van der Waals surface area contributed by atoms with E-state index in [4.69, 9.17) is 5.84 Å². The molecule has 1 saturated carbocycles. The van der Waals surface area contributed by atoms with Crippen LogP contribution in [0.15, 0.2) is 29.2 Å². The van der Waals surface area contributed by atoms with E-state index < -0.39 is 9.84 Å². The van der Waals surface area contributed by atoms with Crippen molar-refractivity contribution in [2.45, 2.75) is 36.6 Å². The molecular weight excluding hydrogens is 248 g/mol. The molecule has 2 rings (SSSR count). The number of hydrogen-bond acceptors (Lipinski definition) is 4. The fourth-order valence-electron chi connectivity index (χ4n) is 2.31. The molecule has 0 bridgehead atoms. The first-order chi connectivity index (χ1) is 8.50. The highest BCUT2D eigenvalue weighted by Crippen LogP contribution is 2.34. The monoisotopic (exact) mass is 268 g/mol. The number of hydrazine groups is 1. The molecule has 0 aliphatic heterocycles. The maximum absolute atomic E-state index is 11.4. The number of rotatable bonds is 5. The number of nitrogens with two attached hydrogens (primary N) is 1. The van der Waals surface area contributed by atoms with Gasteiger partial charge in [0, 0.05) is 12.3 Å². The molecule has 1 aliphatic carbocycles. The van der Waals surface area contributed by atoms with Crippen LogP contribution in [-0.4, -0.2) is 14.7 Å². The molecule has 0 radical (unpaired) electrons. The number of sulfone groups is 1. The van der Waals surface area contributed by atoms with Crippen molar-refractivity contribution in [1.82, 2.24) is 5.43 Å². The Morgan fingerprint density at radius 1 is 1.33 bits per heavy atom. The summed E-state index contributed by atoms with van der Waals surface area (Å²) in [5.74, 6) is 6.34. The maximum atomic E-state index is 11.4. The Bertz CT molecular complexity index is 492. The molecular formula is C13H20N2O2S. The van der Waals surface area contributed by atoms with E-state index in [1.807, 2.05) is 12.1 Å². The second kappa shape index (κ2) is 5.38. The second-order valence-electron chi connectivity index (χ2n) is 5.09. The first-order valence-corrected chi connectivity index (χ1v) is 8.16. The summed E-state index contributed by atoms with van der Waals surface area (Å²) in [6.45, 7) is 0. The highest BCUT2D eigenvalue weighted by atomic mass is 32.2. The van der Waals surface area contributed by atoms with Gasteiger partial charge in [0.25, 0.3) is 0 Å². The third-order valence-electron chi connectivity index (χ3n) is 3.71. The smallest absolute Gasteiger partial charge is 0.175 e. The van der Waals surface area contributed by atoms with Gasteiger partial charge >= 0.3 is 0 Å². The summed E-state index contributed by atoms with van der Waals surface area (Å²) in [7, 11) is -3.12. The van der Waals surface area contributed by atoms with E-state index in [2.05, 4.69) is 5.43 Å². The largest absolute Gasteiger partial charge is 0.271 e. The van der Waals surface area contributed by atoms with Crippen molar-refractivity contribution in [1.29, 1.82) is 0 Å². The summed E-state index contributed by atoms with van der Waals surface area (Å²) in [4.78, 5) is 0.352. The van der Waals surface area contributed by atoms with E-state index in [-0.39, 0.29) is 6.04 Å². The van der Waals surface area contributed by atoms with Gasteiger partial charge in [0.2, 0.25) is 0 Å². The molecule has 1 unspecified atom stereocenters. The third-order valence-corrected chi connectivity index (χ3v) is 4.83. The Labute approximate surface area is 108 Å². The predicted octanol–water partition coefficient (Wildman–Crippen LogP) is 1.78. The average molecular weight is 268 g/mol. The van der Waals surface area contributed by atoms with Crippen molar-refractivity contribution in [3.8, 4) is 0 Å². The summed E-state index contributed by atoms with van der Waals surface area (Å²) in [5.41, 5.74) is 3.88. The minimum absolute atomic E-state index is 0.115. The van der Waals surface area contributed by atoms with Gasteiger partial charge < -0.3 is 0 Å². The lowest BCUT2D eigenvalue weighted by molar-refractivity contribution is 0.262. The van der Waals surface area contributed by atoms with Crippen LogP contribution in [0.25, 0.3) is 0 Å². The van der Waals surface area contributed by atoms with Crippen LogP contribution in [-0.2, 0) is 9.84 Å². The zero-order valence-corrected chi connectivity index (χ0v) is 11.4. The Morgan fingerprint density at radius 2 is 1.94 bits per heavy atom. The number of benzene rings is 1. The molecule has 0 spiro atoms. The quantitative estimate of drug-likeness (QED) is 0.631. The van der Waals surface area contributed by atoms with Gasteiger partial charge in [-0.1, -0.05) is 31.4 Å². The van der Waals surface area contributed by atoms with Gasteiger partial charge in [-0.05, 0) is 30.0 Å². The summed E-state index contributed by atoms with van der Waals surface area (Å²) in [6.07, 6.45) is 6.11. The lowest BCUT2D eigenvalue weighted by atomic mass is 9.80. The highest BCUT2D eigenvalue weighted by molar-refractivity contribution is 7.90. The lowest BCUT2D eigenvalue weighted by Gasteiger charge is -2.29. The normalized spacial score (nSPS) is 18.3. The number of hydrogen-bond donors (Lipinski definition) is 2. The molecule has 1 fully saturated rings. The minimum atomic E-state index is -3.12. The molecule has 1 aromatic rings. The Balaban J connectivity index is 2.11. The first kappa shape index (κ1) is 13.5. The van der Waals surface area contributed by atoms with Gasteiger partial charge in [-0.3, -0.25) is 11.3 Å². The second-order valence-corrected chi connectivity index (χ2v) is 7.11. The van der Waals surface area contributed by atoms with Crippen molar-refractivity contribution in [2.24, 2.45) is 11.8 Å². The van der Waals surface area contributed by atoms with Crippen molar-refractivity contribution in [2.75, 3.05) is 6.26 Å². The van der Waals surface area contributed by atoms with Crippen LogP contribution in [0.4, 0.5) is 0 Å². The molecule has 4 nitrogen and oxygen atoms in total. The average Bonchev–Trinajstić information content (AvgIpc) is 2.27. The fraction of sp³-hybridized carbons (Fsp3) is 0.538. The van der Waals surface area contributed by atoms with Crippen molar-refractivity contribution >= 4 is 9.84 Å². The minimum Gasteiger partial charge on any atom is -0.271 e. The summed E-state index contributed by atoms with van der Waals surface area (Å²) in [5, 5.41) is 0. The molecule has 18 heavy (non-hydrogen) atoms. The molecule has 1 aliphatic rings. The Kier molecular flexibility index (Phi) is 4.04. The molecule has 1 atom stereocenters. The van der Waals surface area contributed by atoms with E-state index in [1.165, 1.54) is 25.5 Å². The van der Waals surface area contributed by atoms with Crippen molar-refractivity contribution in [3.63, 3.8) is 0 Å². The van der Waals surface area contributed by atoms with Crippen LogP contribution in [0.2, 0.25) is 0 Å². The topological polar surface area (TPSA) is 72.2 Å². The predicted molar refractivity (Wildman–Crippen MR) is 71.6 cm³/mol. The Hall–Kier alpha value is -0.910. The van der Waals surface area contributed by atoms with Crippen LogP contribution in [0.5, 0.6) is 0 Å². The van der Waals surface area contributed by atoms with Gasteiger partial charge in [-0.15, -0.1) is 0 Å². The van der Waals surface area contributed by atoms with Crippen LogP contribution in [0, 0.1) is 5.92 Å². The first-order valence-electron chi connectivity index (χ1n) is 6.27. The van der Waals surface area contributed by atoms with Gasteiger partial charge in [0.15, 0.2) is 9.84 Å². The Morgan fingerprint density at radius 3 is 2.33 bits per heavy atom. The molecule has 0 amide bonds. The maximum Gasteiger partial charge on any atom is 0.175 e.